The highest BCUT2D eigenvalue weighted by Gasteiger charge is 2.16. The van der Waals surface area contributed by atoms with Gasteiger partial charge in [0.15, 0.2) is 5.69 Å². The predicted molar refractivity (Wildman–Crippen MR) is 76.2 cm³/mol. The topological polar surface area (TPSA) is 70.7 Å². The van der Waals surface area contributed by atoms with E-state index in [1.807, 2.05) is 43.3 Å². The fourth-order valence-electron chi connectivity index (χ4n) is 2.14. The fraction of sp³-hybridized carbons (Fsp3) is 0.133. The maximum absolute atomic E-state index is 12.3. The highest BCUT2D eigenvalue weighted by Crippen LogP contribution is 2.17. The van der Waals surface area contributed by atoms with Gasteiger partial charge in [0.1, 0.15) is 0 Å². The largest absolute Gasteiger partial charge is 0.344 e. The van der Waals surface area contributed by atoms with Crippen LogP contribution in [0.3, 0.4) is 0 Å². The Hall–Kier alpha value is -2.69. The number of hydrogen-bond acceptors (Lipinski definition) is 3. The van der Waals surface area contributed by atoms with Crippen LogP contribution in [0.25, 0.3) is 10.9 Å². The normalized spacial score (nSPS) is 12.2. The van der Waals surface area contributed by atoms with Crippen LogP contribution in [0.4, 0.5) is 0 Å². The van der Waals surface area contributed by atoms with Crippen molar-refractivity contribution in [2.24, 2.45) is 0 Å². The highest BCUT2D eigenvalue weighted by molar-refractivity contribution is 6.04. The minimum absolute atomic E-state index is 0.0963. The predicted octanol–water partition coefficient (Wildman–Crippen LogP) is 2.45. The van der Waals surface area contributed by atoms with E-state index < -0.39 is 0 Å². The SMILES string of the molecule is C[C@@H](NC(=O)c1n[nH]c2ccccc12)c1ccncc1. The number of hydrogen-bond donors (Lipinski definition) is 2. The van der Waals surface area contributed by atoms with Crippen LogP contribution < -0.4 is 5.32 Å². The fourth-order valence-corrected chi connectivity index (χ4v) is 2.14. The molecule has 5 nitrogen and oxygen atoms in total. The molecule has 0 spiro atoms. The first kappa shape index (κ1) is 12.3. The molecule has 2 aromatic heterocycles. The first-order chi connectivity index (χ1) is 9.75. The molecule has 2 N–H and O–H groups in total. The number of fused-ring (bicyclic) bond motifs is 1. The molecule has 3 rings (SSSR count). The van der Waals surface area contributed by atoms with Gasteiger partial charge < -0.3 is 5.32 Å². The molecule has 0 radical (unpaired) electrons. The Morgan fingerprint density at radius 2 is 1.95 bits per heavy atom. The molecule has 5 heteroatoms. The molecule has 1 amide bonds. The van der Waals surface area contributed by atoms with E-state index in [0.29, 0.717) is 5.69 Å². The molecule has 2 heterocycles. The second-order valence-corrected chi connectivity index (χ2v) is 4.59. The minimum atomic E-state index is -0.188. The number of rotatable bonds is 3. The minimum Gasteiger partial charge on any atom is -0.344 e. The Kier molecular flexibility index (Phi) is 3.16. The number of pyridine rings is 1. The maximum Gasteiger partial charge on any atom is 0.272 e. The molecule has 0 unspecified atom stereocenters. The number of carbonyl (C=O) groups excluding carboxylic acids is 1. The molecule has 0 saturated heterocycles. The summed E-state index contributed by atoms with van der Waals surface area (Å²) in [7, 11) is 0. The van der Waals surface area contributed by atoms with E-state index in [0.717, 1.165) is 16.5 Å². The Labute approximate surface area is 116 Å². The average Bonchev–Trinajstić information content (AvgIpc) is 2.92. The van der Waals surface area contributed by atoms with Crippen LogP contribution in [-0.2, 0) is 0 Å². The number of nitrogens with zero attached hydrogens (tertiary/aromatic N) is 2. The van der Waals surface area contributed by atoms with Gasteiger partial charge in [-0.05, 0) is 30.7 Å². The number of nitrogens with one attached hydrogen (secondary N) is 2. The molecule has 1 aromatic carbocycles. The monoisotopic (exact) mass is 266 g/mol. The van der Waals surface area contributed by atoms with Crippen LogP contribution in [0.1, 0.15) is 29.0 Å². The van der Waals surface area contributed by atoms with Gasteiger partial charge in [-0.25, -0.2) is 0 Å². The van der Waals surface area contributed by atoms with E-state index in [4.69, 9.17) is 0 Å². The summed E-state index contributed by atoms with van der Waals surface area (Å²) in [4.78, 5) is 16.3. The van der Waals surface area contributed by atoms with Gasteiger partial charge in [0, 0.05) is 17.8 Å². The zero-order chi connectivity index (χ0) is 13.9. The van der Waals surface area contributed by atoms with Gasteiger partial charge in [0.2, 0.25) is 0 Å². The molecule has 0 aliphatic rings. The summed E-state index contributed by atoms with van der Waals surface area (Å²) < 4.78 is 0. The molecule has 0 bridgehead atoms. The number of benzene rings is 1. The molecule has 20 heavy (non-hydrogen) atoms. The first-order valence-electron chi connectivity index (χ1n) is 6.39. The molecule has 1 atom stereocenters. The van der Waals surface area contributed by atoms with Gasteiger partial charge in [-0.15, -0.1) is 0 Å². The lowest BCUT2D eigenvalue weighted by molar-refractivity contribution is 0.0936. The Morgan fingerprint density at radius 3 is 2.75 bits per heavy atom. The van der Waals surface area contributed by atoms with Crippen molar-refractivity contribution in [2.75, 3.05) is 0 Å². The molecular weight excluding hydrogens is 252 g/mol. The van der Waals surface area contributed by atoms with Crippen molar-refractivity contribution in [3.63, 3.8) is 0 Å². The van der Waals surface area contributed by atoms with Crippen molar-refractivity contribution >= 4 is 16.8 Å². The molecule has 100 valence electrons. The van der Waals surface area contributed by atoms with Crippen LogP contribution in [0.15, 0.2) is 48.8 Å². The second kappa shape index (κ2) is 5.13. The van der Waals surface area contributed by atoms with E-state index in [2.05, 4.69) is 20.5 Å². The van der Waals surface area contributed by atoms with Crippen molar-refractivity contribution in [1.29, 1.82) is 0 Å². The third-order valence-electron chi connectivity index (χ3n) is 3.24. The highest BCUT2D eigenvalue weighted by atomic mass is 16.2. The molecule has 0 aliphatic carbocycles. The third kappa shape index (κ3) is 2.25. The lowest BCUT2D eigenvalue weighted by Crippen LogP contribution is -2.27. The van der Waals surface area contributed by atoms with Crippen LogP contribution in [-0.4, -0.2) is 21.1 Å². The van der Waals surface area contributed by atoms with E-state index in [1.54, 1.807) is 12.4 Å². The molecule has 0 aliphatic heterocycles. The maximum atomic E-state index is 12.3. The Bertz CT molecular complexity index is 736. The van der Waals surface area contributed by atoms with Crippen LogP contribution in [0, 0.1) is 0 Å². The van der Waals surface area contributed by atoms with E-state index in [9.17, 15) is 4.79 Å². The van der Waals surface area contributed by atoms with Crippen molar-refractivity contribution < 1.29 is 4.79 Å². The smallest absolute Gasteiger partial charge is 0.272 e. The summed E-state index contributed by atoms with van der Waals surface area (Å²) in [5, 5.41) is 10.7. The van der Waals surface area contributed by atoms with Gasteiger partial charge in [0.25, 0.3) is 5.91 Å². The summed E-state index contributed by atoms with van der Waals surface area (Å²) in [5.74, 6) is -0.188. The molecule has 0 saturated carbocycles. The lowest BCUT2D eigenvalue weighted by Gasteiger charge is -2.13. The first-order valence-corrected chi connectivity index (χ1v) is 6.39. The number of carbonyl (C=O) groups is 1. The summed E-state index contributed by atoms with van der Waals surface area (Å²) in [6.45, 7) is 1.93. The zero-order valence-corrected chi connectivity index (χ0v) is 11.0. The number of para-hydroxylation sites is 1. The van der Waals surface area contributed by atoms with E-state index >= 15 is 0 Å². The number of amides is 1. The zero-order valence-electron chi connectivity index (χ0n) is 11.0. The molecule has 0 fully saturated rings. The van der Waals surface area contributed by atoms with Crippen molar-refractivity contribution in [2.45, 2.75) is 13.0 Å². The molecule has 3 aromatic rings. The lowest BCUT2D eigenvalue weighted by atomic mass is 10.1. The summed E-state index contributed by atoms with van der Waals surface area (Å²) in [5.41, 5.74) is 2.28. The van der Waals surface area contributed by atoms with Crippen LogP contribution >= 0.6 is 0 Å². The third-order valence-corrected chi connectivity index (χ3v) is 3.24. The van der Waals surface area contributed by atoms with E-state index in [-0.39, 0.29) is 11.9 Å². The number of aromatic amines is 1. The summed E-state index contributed by atoms with van der Waals surface area (Å²) in [6, 6.07) is 11.2. The number of H-pyrrole nitrogens is 1. The number of aromatic nitrogens is 3. The van der Waals surface area contributed by atoms with Crippen molar-refractivity contribution in [3.05, 3.63) is 60.0 Å². The second-order valence-electron chi connectivity index (χ2n) is 4.59. The van der Waals surface area contributed by atoms with E-state index in [1.165, 1.54) is 0 Å². The Balaban J connectivity index is 1.83. The van der Waals surface area contributed by atoms with Crippen molar-refractivity contribution in [1.82, 2.24) is 20.5 Å². The summed E-state index contributed by atoms with van der Waals surface area (Å²) in [6.07, 6.45) is 3.42. The van der Waals surface area contributed by atoms with Gasteiger partial charge in [0.05, 0.1) is 11.6 Å². The van der Waals surface area contributed by atoms with Crippen LogP contribution in [0.5, 0.6) is 0 Å². The average molecular weight is 266 g/mol. The Morgan fingerprint density at radius 1 is 1.20 bits per heavy atom. The van der Waals surface area contributed by atoms with Gasteiger partial charge >= 0.3 is 0 Å². The van der Waals surface area contributed by atoms with Gasteiger partial charge in [-0.2, -0.15) is 5.10 Å². The van der Waals surface area contributed by atoms with Gasteiger partial charge in [-0.1, -0.05) is 18.2 Å². The quantitative estimate of drug-likeness (QED) is 0.765. The molecular formula is C15H14N4O. The van der Waals surface area contributed by atoms with Gasteiger partial charge in [-0.3, -0.25) is 14.9 Å². The standard InChI is InChI=1S/C15H14N4O/c1-10(11-6-8-16-9-7-11)17-15(20)14-12-4-2-3-5-13(12)18-19-14/h2-10H,1H3,(H,17,20)(H,18,19)/t10-/m1/s1. The van der Waals surface area contributed by atoms with Crippen molar-refractivity contribution in [3.8, 4) is 0 Å². The summed E-state index contributed by atoms with van der Waals surface area (Å²) >= 11 is 0. The van der Waals surface area contributed by atoms with Crippen LogP contribution in [0.2, 0.25) is 0 Å².